The van der Waals surface area contributed by atoms with Gasteiger partial charge in [-0.25, -0.2) is 4.98 Å². The van der Waals surface area contributed by atoms with Gasteiger partial charge in [-0.1, -0.05) is 35.9 Å². The van der Waals surface area contributed by atoms with Crippen LogP contribution in [-0.4, -0.2) is 79.3 Å². The summed E-state index contributed by atoms with van der Waals surface area (Å²) in [6.07, 6.45) is 2.37. The average molecular weight is 703 g/mol. The van der Waals surface area contributed by atoms with E-state index in [4.69, 9.17) is 16.3 Å². The van der Waals surface area contributed by atoms with E-state index in [1.165, 1.54) is 11.8 Å². The van der Waals surface area contributed by atoms with Crippen molar-refractivity contribution in [3.05, 3.63) is 83.5 Å². The number of carbonyl (C=O) groups is 2. The zero-order chi connectivity index (χ0) is 34.5. The molecule has 0 aliphatic carbocycles. The molecule has 2 fully saturated rings. The van der Waals surface area contributed by atoms with Crippen LogP contribution in [0.25, 0.3) is 0 Å². The molecule has 0 bridgehead atoms. The van der Waals surface area contributed by atoms with Crippen molar-refractivity contribution in [1.29, 1.82) is 0 Å². The van der Waals surface area contributed by atoms with E-state index in [-0.39, 0.29) is 11.8 Å². The molecule has 1 aromatic heterocycles. The van der Waals surface area contributed by atoms with Crippen LogP contribution in [0, 0.1) is 0 Å². The Hall–Kier alpha value is -4.64. The molecule has 3 heterocycles. The lowest BCUT2D eigenvalue weighted by atomic mass is 10.1. The summed E-state index contributed by atoms with van der Waals surface area (Å²) in [5.41, 5.74) is 4.51. The molecule has 0 radical (unpaired) electrons. The second-order valence-corrected chi connectivity index (χ2v) is 16.1. The molecule has 4 N–H and O–H groups in total. The lowest BCUT2D eigenvalue weighted by Gasteiger charge is -2.36. The minimum atomic E-state index is -2.54. The number of benzene rings is 3. The molecular formula is C35H40ClN8O4P. The van der Waals surface area contributed by atoms with Gasteiger partial charge in [-0.2, -0.15) is 4.98 Å². The molecular weight excluding hydrogens is 663 g/mol. The second-order valence-electron chi connectivity index (χ2n) is 12.5. The third kappa shape index (κ3) is 8.51. The first-order valence-electron chi connectivity index (χ1n) is 16.1. The second kappa shape index (κ2) is 14.9. The monoisotopic (exact) mass is 702 g/mol. The number of amides is 2. The van der Waals surface area contributed by atoms with E-state index < -0.39 is 13.2 Å². The van der Waals surface area contributed by atoms with Crippen LogP contribution >= 0.6 is 18.7 Å². The van der Waals surface area contributed by atoms with E-state index in [9.17, 15) is 14.2 Å². The Morgan fingerprint density at radius 2 is 1.73 bits per heavy atom. The first-order chi connectivity index (χ1) is 23.6. The molecule has 2 aliphatic heterocycles. The number of piperazine rings is 1. The van der Waals surface area contributed by atoms with Gasteiger partial charge in [-0.3, -0.25) is 19.8 Å². The fourth-order valence-corrected chi connectivity index (χ4v) is 7.25. The largest absolute Gasteiger partial charge is 0.494 e. The van der Waals surface area contributed by atoms with Crippen LogP contribution in [0.3, 0.4) is 0 Å². The van der Waals surface area contributed by atoms with E-state index >= 15 is 0 Å². The number of nitrogens with zero attached hydrogens (tertiary/aromatic N) is 4. The van der Waals surface area contributed by atoms with Crippen LogP contribution in [-0.2, 0) is 20.7 Å². The number of carbonyl (C=O) groups excluding carboxylic acids is 2. The number of hydrogen-bond acceptors (Lipinski definition) is 11. The fraction of sp³-hybridized carbons (Fsp3) is 0.314. The number of halogens is 1. The van der Waals surface area contributed by atoms with Crippen LogP contribution in [0.4, 0.5) is 34.5 Å². The lowest BCUT2D eigenvalue weighted by Crippen LogP contribution is -2.47. The zero-order valence-corrected chi connectivity index (χ0v) is 29.4. The third-order valence-electron chi connectivity index (χ3n) is 8.59. The maximum atomic E-state index is 12.8. The van der Waals surface area contributed by atoms with E-state index in [2.05, 4.69) is 59.2 Å². The summed E-state index contributed by atoms with van der Waals surface area (Å²) in [6.45, 7) is 7.83. The quantitative estimate of drug-likeness (QED) is 0.118. The van der Waals surface area contributed by atoms with Crippen molar-refractivity contribution in [2.24, 2.45) is 0 Å². The molecule has 0 spiro atoms. The zero-order valence-electron chi connectivity index (χ0n) is 27.7. The smallest absolute Gasteiger partial charge is 0.249 e. The van der Waals surface area contributed by atoms with Crippen molar-refractivity contribution in [1.82, 2.24) is 20.2 Å². The van der Waals surface area contributed by atoms with Crippen LogP contribution in [0.5, 0.6) is 5.75 Å². The number of anilines is 6. The van der Waals surface area contributed by atoms with Gasteiger partial charge >= 0.3 is 0 Å². The van der Waals surface area contributed by atoms with Gasteiger partial charge in [0.2, 0.25) is 17.8 Å². The Labute approximate surface area is 291 Å². The molecule has 256 valence electrons. The molecule has 14 heteroatoms. The van der Waals surface area contributed by atoms with Crippen LogP contribution < -0.4 is 36.2 Å². The minimum absolute atomic E-state index is 0.217. The van der Waals surface area contributed by atoms with Gasteiger partial charge in [0, 0.05) is 61.9 Å². The summed E-state index contributed by atoms with van der Waals surface area (Å²) in [4.78, 5) is 37.2. The van der Waals surface area contributed by atoms with Crippen molar-refractivity contribution < 1.29 is 18.9 Å². The molecule has 4 aromatic rings. The van der Waals surface area contributed by atoms with Crippen molar-refractivity contribution in [3.63, 3.8) is 0 Å². The summed E-state index contributed by atoms with van der Waals surface area (Å²) >= 11 is 6.44. The molecule has 12 nitrogen and oxygen atoms in total. The molecule has 6 rings (SSSR count). The fourth-order valence-electron chi connectivity index (χ4n) is 5.95. The van der Waals surface area contributed by atoms with Crippen LogP contribution in [0.2, 0.25) is 5.02 Å². The summed E-state index contributed by atoms with van der Waals surface area (Å²) < 4.78 is 18.6. The van der Waals surface area contributed by atoms with Crippen molar-refractivity contribution in [2.75, 3.05) is 67.5 Å². The Kier molecular flexibility index (Phi) is 10.4. The van der Waals surface area contributed by atoms with E-state index in [0.29, 0.717) is 52.1 Å². The average Bonchev–Trinajstić information content (AvgIpc) is 3.08. The molecule has 2 aliphatic rings. The first-order valence-corrected chi connectivity index (χ1v) is 19.1. The first kappa shape index (κ1) is 34.2. The maximum Gasteiger partial charge on any atom is 0.249 e. The number of ether oxygens (including phenoxy) is 1. The molecule has 49 heavy (non-hydrogen) atoms. The normalized spacial score (nSPS) is 17.0. The highest BCUT2D eigenvalue weighted by molar-refractivity contribution is 7.70. The molecule has 2 saturated heterocycles. The number of hydrogen-bond donors (Lipinski definition) is 4. The number of aromatic nitrogens is 2. The topological polar surface area (TPSA) is 141 Å². The summed E-state index contributed by atoms with van der Waals surface area (Å²) in [5.74, 6) is 0.894. The van der Waals surface area contributed by atoms with E-state index in [0.717, 1.165) is 44.1 Å². The summed E-state index contributed by atoms with van der Waals surface area (Å²) in [6, 6.07) is 21.2. The molecule has 2 amide bonds. The van der Waals surface area contributed by atoms with Crippen molar-refractivity contribution in [2.45, 2.75) is 25.4 Å². The lowest BCUT2D eigenvalue weighted by molar-refractivity contribution is -0.133. The van der Waals surface area contributed by atoms with Crippen LogP contribution in [0.15, 0.2) is 72.9 Å². The minimum Gasteiger partial charge on any atom is -0.494 e. The number of para-hydroxylation sites is 1. The predicted molar refractivity (Wildman–Crippen MR) is 196 cm³/mol. The van der Waals surface area contributed by atoms with Crippen molar-refractivity contribution >= 4 is 70.4 Å². The summed E-state index contributed by atoms with van der Waals surface area (Å²) in [5, 5.41) is 13.1. The predicted octanol–water partition coefficient (Wildman–Crippen LogP) is 5.41. The number of nitrogens with one attached hydrogen (secondary N) is 4. The standard InChI is InChI=1S/C35H40ClN8O4P/c1-48-30-20-25(12-13-27(30)40-35-37-21-26(36)33(42-35)39-28-6-4-5-7-31(28)49(2,3)47)44-18-16-43(17-19-44)22-23-8-10-24(11-9-23)38-29-14-15-32(45)41-34(29)46/h4-13,20-21,29,38H,14-19,22H2,1-3H3,(H,41,45,46)(H2,37,39,40,42). The van der Waals surface area contributed by atoms with Gasteiger partial charge in [0.25, 0.3) is 0 Å². The Morgan fingerprint density at radius 1 is 0.980 bits per heavy atom. The SMILES string of the molecule is COc1cc(N2CCN(Cc3ccc(NC4CCC(=O)NC4=O)cc3)CC2)ccc1Nc1ncc(Cl)c(Nc2ccccc2P(C)(C)=O)n1. The maximum absolute atomic E-state index is 12.8. The van der Waals surface area contributed by atoms with Crippen molar-refractivity contribution in [3.8, 4) is 5.75 Å². The highest BCUT2D eigenvalue weighted by Gasteiger charge is 2.26. The number of rotatable bonds is 11. The molecule has 1 atom stereocenters. The molecule has 3 aromatic carbocycles. The van der Waals surface area contributed by atoms with Gasteiger partial charge in [0.15, 0.2) is 5.82 Å². The van der Waals surface area contributed by atoms with Gasteiger partial charge in [-0.15, -0.1) is 0 Å². The highest BCUT2D eigenvalue weighted by atomic mass is 35.5. The number of piperidine rings is 1. The Bertz CT molecular complexity index is 1880. The number of methoxy groups -OCH3 is 1. The van der Waals surface area contributed by atoms with Gasteiger partial charge in [0.05, 0.1) is 24.7 Å². The Balaban J connectivity index is 1.05. The van der Waals surface area contributed by atoms with Crippen LogP contribution in [0.1, 0.15) is 18.4 Å². The Morgan fingerprint density at radius 3 is 2.45 bits per heavy atom. The van der Waals surface area contributed by atoms with Gasteiger partial charge in [0.1, 0.15) is 24.0 Å². The number of imide groups is 1. The molecule has 1 unspecified atom stereocenters. The summed E-state index contributed by atoms with van der Waals surface area (Å²) in [7, 11) is -0.906. The highest BCUT2D eigenvalue weighted by Crippen LogP contribution is 2.39. The van der Waals surface area contributed by atoms with E-state index in [1.54, 1.807) is 20.4 Å². The van der Waals surface area contributed by atoms with Gasteiger partial charge < -0.3 is 30.2 Å². The van der Waals surface area contributed by atoms with E-state index in [1.807, 2.05) is 48.5 Å². The van der Waals surface area contributed by atoms with Gasteiger partial charge in [-0.05, 0) is 61.7 Å². The molecule has 0 saturated carbocycles. The third-order valence-corrected chi connectivity index (χ3v) is 10.4.